The average molecular weight is 252 g/mol. The number of allylic oxidation sites excluding steroid dienone is 4. The summed E-state index contributed by atoms with van der Waals surface area (Å²) < 4.78 is 11.4. The first-order valence-corrected chi connectivity index (χ1v) is 7.40. The fourth-order valence-electron chi connectivity index (χ4n) is 2.23. The highest BCUT2D eigenvalue weighted by Crippen LogP contribution is 2.15. The van der Waals surface area contributed by atoms with Crippen LogP contribution in [-0.4, -0.2) is 19.0 Å². The Kier molecular flexibility index (Phi) is 8.87. The topological polar surface area (TPSA) is 18.5 Å². The second-order valence-electron chi connectivity index (χ2n) is 4.81. The molecular formula is C16H28O2. The lowest BCUT2D eigenvalue weighted by molar-refractivity contribution is -0.160. The normalized spacial score (nSPS) is 27.8. The zero-order valence-electron chi connectivity index (χ0n) is 11.9. The maximum atomic E-state index is 5.96. The molecule has 18 heavy (non-hydrogen) atoms. The highest BCUT2D eigenvalue weighted by atomic mass is 16.7. The van der Waals surface area contributed by atoms with Crippen LogP contribution >= 0.6 is 0 Å². The van der Waals surface area contributed by atoms with Crippen LogP contribution in [0.1, 0.15) is 58.8 Å². The van der Waals surface area contributed by atoms with Crippen molar-refractivity contribution >= 4 is 0 Å². The van der Waals surface area contributed by atoms with Crippen molar-refractivity contribution in [3.05, 3.63) is 24.3 Å². The van der Waals surface area contributed by atoms with Gasteiger partial charge >= 0.3 is 0 Å². The summed E-state index contributed by atoms with van der Waals surface area (Å²) >= 11 is 0. The van der Waals surface area contributed by atoms with Gasteiger partial charge in [0, 0.05) is 6.61 Å². The van der Waals surface area contributed by atoms with Crippen LogP contribution < -0.4 is 0 Å². The van der Waals surface area contributed by atoms with Crippen LogP contribution in [0.5, 0.6) is 0 Å². The summed E-state index contributed by atoms with van der Waals surface area (Å²) in [5.74, 6) is 0. The lowest BCUT2D eigenvalue weighted by Crippen LogP contribution is -2.22. The predicted octanol–water partition coefficient (Wildman–Crippen LogP) is 4.61. The van der Waals surface area contributed by atoms with Crippen LogP contribution in [0.2, 0.25) is 0 Å². The Morgan fingerprint density at radius 1 is 1.00 bits per heavy atom. The van der Waals surface area contributed by atoms with Gasteiger partial charge in [0.1, 0.15) is 0 Å². The predicted molar refractivity (Wildman–Crippen MR) is 76.6 cm³/mol. The molecule has 0 radical (unpaired) electrons. The van der Waals surface area contributed by atoms with Crippen LogP contribution in [0, 0.1) is 0 Å². The molecule has 0 amide bonds. The monoisotopic (exact) mass is 252 g/mol. The van der Waals surface area contributed by atoms with E-state index in [1.807, 2.05) is 13.8 Å². The van der Waals surface area contributed by atoms with E-state index in [2.05, 4.69) is 24.3 Å². The van der Waals surface area contributed by atoms with Crippen molar-refractivity contribution in [3.63, 3.8) is 0 Å². The van der Waals surface area contributed by atoms with E-state index in [9.17, 15) is 0 Å². The molecule has 0 N–H and O–H groups in total. The standard InChI is InChI=1S/C16H28O2/c1-3-17-15(2)18-16-13-11-9-7-5-4-6-8-10-12-14-16/h5,7-8,10,15-16H,3-4,6,9,11-14H2,1-2H3/b7-5+,10-8-. The second kappa shape index (κ2) is 10.3. The van der Waals surface area contributed by atoms with Gasteiger partial charge in [0.15, 0.2) is 6.29 Å². The number of rotatable bonds is 4. The molecule has 2 unspecified atom stereocenters. The molecule has 0 aliphatic heterocycles. The second-order valence-corrected chi connectivity index (χ2v) is 4.81. The molecule has 0 aromatic carbocycles. The molecule has 2 heteroatoms. The third-order valence-corrected chi connectivity index (χ3v) is 3.17. The largest absolute Gasteiger partial charge is 0.353 e. The average Bonchev–Trinajstić information content (AvgIpc) is 2.33. The molecule has 0 aromatic rings. The van der Waals surface area contributed by atoms with Crippen molar-refractivity contribution < 1.29 is 9.47 Å². The Bertz CT molecular complexity index is 245. The van der Waals surface area contributed by atoms with Crippen molar-refractivity contribution in [2.24, 2.45) is 0 Å². The number of hydrogen-bond acceptors (Lipinski definition) is 2. The van der Waals surface area contributed by atoms with Crippen molar-refractivity contribution in [3.8, 4) is 0 Å². The van der Waals surface area contributed by atoms with Gasteiger partial charge in [-0.1, -0.05) is 24.3 Å². The summed E-state index contributed by atoms with van der Waals surface area (Å²) in [6.45, 7) is 4.72. The maximum absolute atomic E-state index is 5.96. The first kappa shape index (κ1) is 15.5. The van der Waals surface area contributed by atoms with E-state index >= 15 is 0 Å². The molecule has 0 heterocycles. The van der Waals surface area contributed by atoms with Gasteiger partial charge < -0.3 is 9.47 Å². The van der Waals surface area contributed by atoms with E-state index in [0.29, 0.717) is 6.10 Å². The first-order chi connectivity index (χ1) is 8.83. The SMILES string of the molecule is CCOC(C)OC1CC/C=C\CC/C=C/CCC1. The summed E-state index contributed by atoms with van der Waals surface area (Å²) in [7, 11) is 0. The molecule has 2 atom stereocenters. The molecule has 0 aromatic heterocycles. The van der Waals surface area contributed by atoms with E-state index in [4.69, 9.17) is 9.47 Å². The molecule has 1 aliphatic rings. The zero-order valence-corrected chi connectivity index (χ0v) is 11.9. The van der Waals surface area contributed by atoms with E-state index in [0.717, 1.165) is 32.3 Å². The summed E-state index contributed by atoms with van der Waals surface area (Å²) in [5, 5.41) is 0. The van der Waals surface area contributed by atoms with Gasteiger partial charge in [0.2, 0.25) is 0 Å². The van der Waals surface area contributed by atoms with Gasteiger partial charge in [0.05, 0.1) is 6.10 Å². The van der Waals surface area contributed by atoms with E-state index in [-0.39, 0.29) is 6.29 Å². The molecule has 1 rings (SSSR count). The minimum Gasteiger partial charge on any atom is -0.353 e. The maximum Gasteiger partial charge on any atom is 0.155 e. The number of ether oxygens (including phenoxy) is 2. The Morgan fingerprint density at radius 3 is 2.39 bits per heavy atom. The summed E-state index contributed by atoms with van der Waals surface area (Å²) in [6, 6.07) is 0. The van der Waals surface area contributed by atoms with Crippen molar-refractivity contribution in [2.75, 3.05) is 6.61 Å². The van der Waals surface area contributed by atoms with Crippen molar-refractivity contribution in [1.29, 1.82) is 0 Å². The molecule has 0 saturated heterocycles. The first-order valence-electron chi connectivity index (χ1n) is 7.40. The van der Waals surface area contributed by atoms with E-state index in [1.54, 1.807) is 0 Å². The van der Waals surface area contributed by atoms with Crippen molar-refractivity contribution in [1.82, 2.24) is 0 Å². The van der Waals surface area contributed by atoms with Gasteiger partial charge in [-0.2, -0.15) is 0 Å². The lowest BCUT2D eigenvalue weighted by Gasteiger charge is -2.22. The van der Waals surface area contributed by atoms with Crippen molar-refractivity contribution in [2.45, 2.75) is 71.2 Å². The molecule has 1 aliphatic carbocycles. The van der Waals surface area contributed by atoms with Gasteiger partial charge in [0.25, 0.3) is 0 Å². The molecule has 104 valence electrons. The third kappa shape index (κ3) is 7.67. The molecule has 2 nitrogen and oxygen atoms in total. The Balaban J connectivity index is 2.37. The smallest absolute Gasteiger partial charge is 0.155 e. The Morgan fingerprint density at radius 2 is 1.67 bits per heavy atom. The van der Waals surface area contributed by atoms with Crippen LogP contribution in [0.15, 0.2) is 24.3 Å². The van der Waals surface area contributed by atoms with E-state index < -0.39 is 0 Å². The minimum atomic E-state index is -0.0765. The van der Waals surface area contributed by atoms with Crippen LogP contribution in [0.3, 0.4) is 0 Å². The quantitative estimate of drug-likeness (QED) is 0.537. The molecule has 0 saturated carbocycles. The Labute approximate surface area is 112 Å². The van der Waals surface area contributed by atoms with Crippen LogP contribution in [-0.2, 0) is 9.47 Å². The van der Waals surface area contributed by atoms with Crippen LogP contribution in [0.4, 0.5) is 0 Å². The molecule has 0 spiro atoms. The van der Waals surface area contributed by atoms with Gasteiger partial charge in [-0.25, -0.2) is 0 Å². The zero-order chi connectivity index (χ0) is 13.1. The van der Waals surface area contributed by atoms with E-state index in [1.165, 1.54) is 19.3 Å². The third-order valence-electron chi connectivity index (χ3n) is 3.17. The Hall–Kier alpha value is -0.600. The summed E-state index contributed by atoms with van der Waals surface area (Å²) in [5.41, 5.74) is 0. The summed E-state index contributed by atoms with van der Waals surface area (Å²) in [6.07, 6.45) is 17.5. The van der Waals surface area contributed by atoms with Gasteiger partial charge in [-0.05, 0) is 58.8 Å². The molecular weight excluding hydrogens is 224 g/mol. The molecule has 0 fully saturated rings. The number of hydrogen-bond donors (Lipinski definition) is 0. The lowest BCUT2D eigenvalue weighted by atomic mass is 10.1. The fourth-order valence-corrected chi connectivity index (χ4v) is 2.23. The van der Waals surface area contributed by atoms with Crippen LogP contribution in [0.25, 0.3) is 0 Å². The highest BCUT2D eigenvalue weighted by Gasteiger charge is 2.12. The van der Waals surface area contributed by atoms with Gasteiger partial charge in [-0.3, -0.25) is 0 Å². The minimum absolute atomic E-state index is 0.0765. The summed E-state index contributed by atoms with van der Waals surface area (Å²) in [4.78, 5) is 0. The van der Waals surface area contributed by atoms with Gasteiger partial charge in [-0.15, -0.1) is 0 Å². The fraction of sp³-hybridized carbons (Fsp3) is 0.750. The highest BCUT2D eigenvalue weighted by molar-refractivity contribution is 4.89. The molecule has 0 bridgehead atoms.